The highest BCUT2D eigenvalue weighted by Crippen LogP contribution is 2.48. The average molecular weight is 616 g/mol. The van der Waals surface area contributed by atoms with Crippen molar-refractivity contribution in [2.24, 2.45) is 5.92 Å². The van der Waals surface area contributed by atoms with Crippen LogP contribution in [-0.2, 0) is 14.4 Å². The summed E-state index contributed by atoms with van der Waals surface area (Å²) in [5, 5.41) is 1.64. The number of halogens is 1. The third-order valence-electron chi connectivity index (χ3n) is 6.66. The zero-order chi connectivity index (χ0) is 26.2. The largest absolute Gasteiger partial charge is 0.423 e. The zero-order valence-corrected chi connectivity index (χ0v) is 22.1. The Hall–Kier alpha value is -4.02. The molecule has 38 heavy (non-hydrogen) atoms. The molecule has 4 aromatic carbocycles. The van der Waals surface area contributed by atoms with Crippen LogP contribution in [0.25, 0.3) is 0 Å². The molecule has 0 aromatic heterocycles. The normalized spacial score (nSPS) is 20.5. The van der Waals surface area contributed by atoms with Crippen LogP contribution >= 0.6 is 22.6 Å². The Balaban J connectivity index is 1.34. The molecule has 0 aliphatic carbocycles. The number of rotatable bonds is 5. The van der Waals surface area contributed by atoms with E-state index in [1.54, 1.807) is 65.7 Å². The standard InChI is InChI=1S/C30H21IN2O5/c31-23-13-7-8-14-24(23)32-28(34)25-26(33(38-27(25)29(32)35)21-11-5-2-6-12-21)19-15-17-22(18-16-19)37-30(36)20-9-3-1-4-10-20/h1-18,25-27H/t25-,26+,27+/m0/s1. The second-order valence-electron chi connectivity index (χ2n) is 8.95. The molecule has 188 valence electrons. The van der Waals surface area contributed by atoms with Gasteiger partial charge in [-0.2, -0.15) is 0 Å². The Labute approximate surface area is 232 Å². The van der Waals surface area contributed by atoms with Crippen molar-refractivity contribution in [1.82, 2.24) is 0 Å². The van der Waals surface area contributed by atoms with Crippen LogP contribution in [-0.4, -0.2) is 23.9 Å². The van der Waals surface area contributed by atoms with E-state index in [0.29, 0.717) is 17.0 Å². The number of ether oxygens (including phenoxy) is 1. The number of hydrogen-bond donors (Lipinski definition) is 0. The maximum absolute atomic E-state index is 13.8. The molecule has 2 saturated heterocycles. The number of benzene rings is 4. The lowest BCUT2D eigenvalue weighted by Crippen LogP contribution is -2.37. The number of hydrogen-bond acceptors (Lipinski definition) is 6. The number of esters is 1. The van der Waals surface area contributed by atoms with Gasteiger partial charge in [-0.05, 0) is 76.7 Å². The zero-order valence-electron chi connectivity index (χ0n) is 19.9. The number of amides is 2. The third-order valence-corrected chi connectivity index (χ3v) is 7.57. The van der Waals surface area contributed by atoms with Crippen LogP contribution in [0, 0.1) is 9.49 Å². The molecule has 0 saturated carbocycles. The minimum Gasteiger partial charge on any atom is -0.423 e. The van der Waals surface area contributed by atoms with E-state index in [1.807, 2.05) is 48.5 Å². The maximum Gasteiger partial charge on any atom is 0.343 e. The molecule has 0 radical (unpaired) electrons. The summed E-state index contributed by atoms with van der Waals surface area (Å²) in [6, 6.07) is 31.8. The van der Waals surface area contributed by atoms with Gasteiger partial charge < -0.3 is 4.74 Å². The highest BCUT2D eigenvalue weighted by Gasteiger charge is 2.60. The lowest BCUT2D eigenvalue weighted by molar-refractivity contribution is -0.126. The van der Waals surface area contributed by atoms with Crippen molar-refractivity contribution in [3.8, 4) is 5.75 Å². The molecule has 7 nitrogen and oxygen atoms in total. The summed E-state index contributed by atoms with van der Waals surface area (Å²) < 4.78 is 6.33. The number of nitrogens with zero attached hydrogens (tertiary/aromatic N) is 2. The lowest BCUT2D eigenvalue weighted by Gasteiger charge is -2.29. The van der Waals surface area contributed by atoms with Crippen molar-refractivity contribution in [1.29, 1.82) is 0 Å². The Morgan fingerprint density at radius 3 is 2.08 bits per heavy atom. The van der Waals surface area contributed by atoms with Gasteiger partial charge in [-0.25, -0.2) is 14.8 Å². The van der Waals surface area contributed by atoms with Crippen LogP contribution < -0.4 is 14.7 Å². The highest BCUT2D eigenvalue weighted by atomic mass is 127. The molecule has 4 aromatic rings. The minimum atomic E-state index is -0.959. The monoisotopic (exact) mass is 616 g/mol. The van der Waals surface area contributed by atoms with Crippen molar-refractivity contribution in [3.63, 3.8) is 0 Å². The summed E-state index contributed by atoms with van der Waals surface area (Å²) in [4.78, 5) is 47.2. The van der Waals surface area contributed by atoms with Crippen LogP contribution in [0.4, 0.5) is 11.4 Å². The fourth-order valence-corrected chi connectivity index (χ4v) is 5.52. The van der Waals surface area contributed by atoms with E-state index in [4.69, 9.17) is 9.57 Å². The predicted octanol–water partition coefficient (Wildman–Crippen LogP) is 5.56. The first kappa shape index (κ1) is 24.3. The van der Waals surface area contributed by atoms with Crippen LogP contribution in [0.5, 0.6) is 5.75 Å². The molecular formula is C30H21IN2O5. The second kappa shape index (κ2) is 10.0. The van der Waals surface area contributed by atoms with Gasteiger partial charge in [-0.15, -0.1) is 0 Å². The maximum atomic E-state index is 13.8. The number of imide groups is 1. The van der Waals surface area contributed by atoms with E-state index in [1.165, 1.54) is 4.90 Å². The van der Waals surface area contributed by atoms with E-state index in [0.717, 1.165) is 14.8 Å². The number of anilines is 2. The number of para-hydroxylation sites is 2. The minimum absolute atomic E-state index is 0.313. The summed E-state index contributed by atoms with van der Waals surface area (Å²) >= 11 is 2.12. The van der Waals surface area contributed by atoms with Gasteiger partial charge in [-0.3, -0.25) is 14.4 Å². The molecule has 2 aliphatic heterocycles. The van der Waals surface area contributed by atoms with Crippen LogP contribution in [0.2, 0.25) is 0 Å². The summed E-state index contributed by atoms with van der Waals surface area (Å²) in [7, 11) is 0. The molecule has 8 heteroatoms. The molecule has 2 fully saturated rings. The Morgan fingerprint density at radius 1 is 0.763 bits per heavy atom. The van der Waals surface area contributed by atoms with Gasteiger partial charge in [-0.1, -0.05) is 60.7 Å². The fourth-order valence-electron chi connectivity index (χ4n) is 4.90. The molecule has 2 aliphatic rings. The summed E-state index contributed by atoms with van der Waals surface area (Å²) in [5.74, 6) is -1.54. The van der Waals surface area contributed by atoms with Gasteiger partial charge in [0.15, 0.2) is 6.10 Å². The van der Waals surface area contributed by atoms with Gasteiger partial charge in [0.1, 0.15) is 11.7 Å². The van der Waals surface area contributed by atoms with Crippen LogP contribution in [0.1, 0.15) is 22.0 Å². The van der Waals surface area contributed by atoms with Crippen LogP contribution in [0.3, 0.4) is 0 Å². The topological polar surface area (TPSA) is 76.2 Å². The van der Waals surface area contributed by atoms with Crippen molar-refractivity contribution >= 4 is 51.7 Å². The molecule has 0 spiro atoms. The van der Waals surface area contributed by atoms with E-state index in [2.05, 4.69) is 22.6 Å². The molecular weight excluding hydrogens is 595 g/mol. The van der Waals surface area contributed by atoms with Gasteiger partial charge in [0.05, 0.1) is 23.0 Å². The molecule has 0 bridgehead atoms. The smallest absolute Gasteiger partial charge is 0.343 e. The van der Waals surface area contributed by atoms with E-state index < -0.39 is 24.0 Å². The molecule has 3 atom stereocenters. The number of carbonyl (C=O) groups is 3. The van der Waals surface area contributed by atoms with E-state index >= 15 is 0 Å². The lowest BCUT2D eigenvalue weighted by atomic mass is 9.90. The Kier molecular flexibility index (Phi) is 6.42. The van der Waals surface area contributed by atoms with Gasteiger partial charge in [0.2, 0.25) is 5.91 Å². The predicted molar refractivity (Wildman–Crippen MR) is 150 cm³/mol. The number of fused-ring (bicyclic) bond motifs is 1. The van der Waals surface area contributed by atoms with E-state index in [-0.39, 0.29) is 11.8 Å². The molecule has 6 rings (SSSR count). The summed E-state index contributed by atoms with van der Waals surface area (Å²) in [5.41, 5.74) is 2.48. The van der Waals surface area contributed by atoms with Crippen LogP contribution in [0.15, 0.2) is 109 Å². The third kappa shape index (κ3) is 4.25. The first-order chi connectivity index (χ1) is 18.5. The van der Waals surface area contributed by atoms with E-state index in [9.17, 15) is 14.4 Å². The number of carbonyl (C=O) groups excluding carboxylic acids is 3. The molecule has 0 unspecified atom stereocenters. The molecule has 0 N–H and O–H groups in total. The summed E-state index contributed by atoms with van der Waals surface area (Å²) in [6.07, 6.45) is -0.959. The van der Waals surface area contributed by atoms with Gasteiger partial charge in [0.25, 0.3) is 5.91 Å². The average Bonchev–Trinajstić information content (AvgIpc) is 3.46. The summed E-state index contributed by atoms with van der Waals surface area (Å²) in [6.45, 7) is 0. The van der Waals surface area contributed by atoms with Crippen molar-refractivity contribution in [2.75, 3.05) is 9.96 Å². The van der Waals surface area contributed by atoms with Crippen molar-refractivity contribution in [3.05, 3.63) is 124 Å². The fraction of sp³-hybridized carbons (Fsp3) is 0.100. The highest BCUT2D eigenvalue weighted by molar-refractivity contribution is 14.1. The molecule has 2 amide bonds. The first-order valence-corrected chi connectivity index (χ1v) is 13.1. The molecule has 2 heterocycles. The van der Waals surface area contributed by atoms with Gasteiger partial charge in [0, 0.05) is 3.57 Å². The Morgan fingerprint density at radius 2 is 1.39 bits per heavy atom. The number of hydroxylamine groups is 1. The van der Waals surface area contributed by atoms with Crippen molar-refractivity contribution < 1.29 is 24.0 Å². The second-order valence-corrected chi connectivity index (χ2v) is 10.1. The quantitative estimate of drug-likeness (QED) is 0.127. The SMILES string of the molecule is O=C(Oc1ccc([C@@H]2[C@@H]3C(=O)N(c4ccccc4I)C(=O)[C@@H]3ON2c2ccccc2)cc1)c1ccccc1. The van der Waals surface area contributed by atoms with Crippen molar-refractivity contribution in [2.45, 2.75) is 12.1 Å². The van der Waals surface area contributed by atoms with Gasteiger partial charge >= 0.3 is 5.97 Å². The first-order valence-electron chi connectivity index (χ1n) is 12.0. The Bertz CT molecular complexity index is 1510.